The van der Waals surface area contributed by atoms with Gasteiger partial charge in [-0.3, -0.25) is 9.59 Å². The quantitative estimate of drug-likeness (QED) is 0.507. The molecule has 0 saturated carbocycles. The number of cyclic esters (lactones) is 1. The smallest absolute Gasteiger partial charge is 0.331 e. The zero-order chi connectivity index (χ0) is 19.6. The number of benzene rings is 2. The van der Waals surface area contributed by atoms with Crippen LogP contribution in [0.3, 0.4) is 0 Å². The van der Waals surface area contributed by atoms with Gasteiger partial charge in [0.2, 0.25) is 0 Å². The van der Waals surface area contributed by atoms with E-state index in [9.17, 15) is 14.4 Å². The minimum Gasteiger partial charge on any atom is -0.451 e. The lowest BCUT2D eigenvalue weighted by Crippen LogP contribution is -2.40. The first-order valence-corrected chi connectivity index (χ1v) is 9.05. The lowest BCUT2D eigenvalue weighted by molar-refractivity contribution is -0.146. The maximum absolute atomic E-state index is 13.1. The van der Waals surface area contributed by atoms with Crippen molar-refractivity contribution in [3.05, 3.63) is 81.9 Å². The maximum atomic E-state index is 13.1. The van der Waals surface area contributed by atoms with Crippen LogP contribution in [0.25, 0.3) is 0 Å². The Morgan fingerprint density at radius 1 is 0.963 bits per heavy atom. The molecule has 0 aromatic heterocycles. The first-order valence-electron chi connectivity index (χ1n) is 8.29. The molecular formula is C21H16Cl2O4. The molecule has 3 rings (SSSR count). The van der Waals surface area contributed by atoms with Gasteiger partial charge in [0, 0.05) is 33.7 Å². The van der Waals surface area contributed by atoms with Crippen LogP contribution in [0.5, 0.6) is 0 Å². The largest absolute Gasteiger partial charge is 0.451 e. The van der Waals surface area contributed by atoms with Crippen LogP contribution in [-0.2, 0) is 9.53 Å². The average molecular weight is 403 g/mol. The Hall–Kier alpha value is -2.43. The van der Waals surface area contributed by atoms with Crippen LogP contribution in [0.4, 0.5) is 0 Å². The van der Waals surface area contributed by atoms with Gasteiger partial charge in [-0.1, -0.05) is 23.2 Å². The summed E-state index contributed by atoms with van der Waals surface area (Å²) in [5.74, 6) is -1.94. The van der Waals surface area contributed by atoms with Crippen molar-refractivity contribution in [3.63, 3.8) is 0 Å². The monoisotopic (exact) mass is 402 g/mol. The van der Waals surface area contributed by atoms with E-state index in [1.807, 2.05) is 0 Å². The maximum Gasteiger partial charge on any atom is 0.331 e. The van der Waals surface area contributed by atoms with Gasteiger partial charge >= 0.3 is 5.97 Å². The number of hydrogen-bond donors (Lipinski definition) is 0. The number of hydrogen-bond acceptors (Lipinski definition) is 4. The van der Waals surface area contributed by atoms with E-state index in [4.69, 9.17) is 27.9 Å². The standard InChI is InChI=1S/C21H16Cl2O4/c1-21(11-10-19(25)27-21)17(20(26)14-4-8-16(23)9-5-14)12-18(24)13-2-6-15(22)7-3-13/h2-11,17H,12H2,1H3. The van der Waals surface area contributed by atoms with Gasteiger partial charge in [0.05, 0.1) is 5.92 Å². The van der Waals surface area contributed by atoms with E-state index in [0.717, 1.165) is 0 Å². The number of Topliss-reactive ketones (excluding diaryl/α,β-unsaturated/α-hetero) is 2. The Morgan fingerprint density at radius 2 is 1.48 bits per heavy atom. The van der Waals surface area contributed by atoms with Gasteiger partial charge in [-0.15, -0.1) is 0 Å². The van der Waals surface area contributed by atoms with Gasteiger partial charge in [0.1, 0.15) is 5.60 Å². The van der Waals surface area contributed by atoms with Crippen LogP contribution < -0.4 is 0 Å². The third-order valence-corrected chi connectivity index (χ3v) is 5.07. The molecule has 0 N–H and O–H groups in total. The molecule has 0 amide bonds. The number of ketones is 2. The van der Waals surface area contributed by atoms with E-state index in [1.165, 1.54) is 12.2 Å². The van der Waals surface area contributed by atoms with Crippen molar-refractivity contribution in [2.45, 2.75) is 18.9 Å². The fourth-order valence-electron chi connectivity index (χ4n) is 3.02. The van der Waals surface area contributed by atoms with Crippen molar-refractivity contribution < 1.29 is 19.1 Å². The van der Waals surface area contributed by atoms with Crippen LogP contribution in [0, 0.1) is 5.92 Å². The third kappa shape index (κ3) is 4.29. The zero-order valence-electron chi connectivity index (χ0n) is 14.4. The van der Waals surface area contributed by atoms with Crippen molar-refractivity contribution in [1.29, 1.82) is 0 Å². The van der Waals surface area contributed by atoms with Crippen LogP contribution in [0.15, 0.2) is 60.7 Å². The van der Waals surface area contributed by atoms with Gasteiger partial charge in [0.15, 0.2) is 11.6 Å². The second-order valence-electron chi connectivity index (χ2n) is 6.50. The molecular weight excluding hydrogens is 387 g/mol. The molecule has 138 valence electrons. The Kier molecular flexibility index (Phi) is 5.49. The first-order chi connectivity index (χ1) is 12.8. The molecule has 0 fully saturated rings. The highest BCUT2D eigenvalue weighted by Crippen LogP contribution is 2.34. The Morgan fingerprint density at radius 3 is 1.96 bits per heavy atom. The summed E-state index contributed by atoms with van der Waals surface area (Å²) in [5, 5.41) is 1.01. The molecule has 27 heavy (non-hydrogen) atoms. The van der Waals surface area contributed by atoms with Gasteiger partial charge in [-0.05, 0) is 61.5 Å². The fraction of sp³-hybridized carbons (Fsp3) is 0.190. The van der Waals surface area contributed by atoms with E-state index in [-0.39, 0.29) is 18.0 Å². The molecule has 1 aliphatic rings. The molecule has 0 radical (unpaired) electrons. The summed E-state index contributed by atoms with van der Waals surface area (Å²) in [5.41, 5.74) is -0.369. The van der Waals surface area contributed by atoms with Crippen molar-refractivity contribution in [1.82, 2.24) is 0 Å². The van der Waals surface area contributed by atoms with E-state index < -0.39 is 17.5 Å². The summed E-state index contributed by atoms with van der Waals surface area (Å²) in [7, 11) is 0. The molecule has 4 nitrogen and oxygen atoms in total. The number of carbonyl (C=O) groups excluding carboxylic acids is 3. The zero-order valence-corrected chi connectivity index (χ0v) is 16.0. The second kappa shape index (κ2) is 7.67. The van der Waals surface area contributed by atoms with Crippen molar-refractivity contribution in [2.24, 2.45) is 5.92 Å². The third-order valence-electron chi connectivity index (χ3n) is 4.56. The normalized spacial score (nSPS) is 19.6. The molecule has 2 aromatic carbocycles. The molecule has 1 aliphatic heterocycles. The summed E-state index contributed by atoms with van der Waals surface area (Å²) in [4.78, 5) is 37.5. The van der Waals surface area contributed by atoms with Gasteiger partial charge < -0.3 is 4.74 Å². The average Bonchev–Trinajstić information content (AvgIpc) is 3.00. The van der Waals surface area contributed by atoms with Crippen molar-refractivity contribution >= 4 is 40.7 Å². The lowest BCUT2D eigenvalue weighted by Gasteiger charge is -2.30. The number of rotatable bonds is 6. The van der Waals surface area contributed by atoms with Crippen LogP contribution in [0.1, 0.15) is 34.1 Å². The van der Waals surface area contributed by atoms with Gasteiger partial charge in [-0.2, -0.15) is 0 Å². The van der Waals surface area contributed by atoms with Crippen molar-refractivity contribution in [3.8, 4) is 0 Å². The molecule has 0 bridgehead atoms. The van der Waals surface area contributed by atoms with E-state index >= 15 is 0 Å². The summed E-state index contributed by atoms with van der Waals surface area (Å²) >= 11 is 11.8. The van der Waals surface area contributed by atoms with E-state index in [0.29, 0.717) is 21.2 Å². The lowest BCUT2D eigenvalue weighted by atomic mass is 9.79. The van der Waals surface area contributed by atoms with Gasteiger partial charge in [0.25, 0.3) is 0 Å². The molecule has 2 atom stereocenters. The highest BCUT2D eigenvalue weighted by atomic mass is 35.5. The topological polar surface area (TPSA) is 60.4 Å². The fourth-order valence-corrected chi connectivity index (χ4v) is 3.27. The highest BCUT2D eigenvalue weighted by molar-refractivity contribution is 6.31. The minimum absolute atomic E-state index is 0.114. The molecule has 6 heteroatoms. The molecule has 1 heterocycles. The van der Waals surface area contributed by atoms with Crippen molar-refractivity contribution in [2.75, 3.05) is 0 Å². The summed E-state index contributed by atoms with van der Waals surface area (Å²) in [6.07, 6.45) is 2.69. The molecule has 0 aliphatic carbocycles. The number of esters is 1. The second-order valence-corrected chi connectivity index (χ2v) is 7.37. The number of carbonyl (C=O) groups is 3. The SMILES string of the molecule is CC1(C(CC(=O)c2ccc(Cl)cc2)C(=O)c2ccc(Cl)cc2)C=CC(=O)O1. The Labute approximate surface area is 166 Å². The summed E-state index contributed by atoms with van der Waals surface area (Å²) in [6, 6.07) is 12.8. The minimum atomic E-state index is -1.20. The highest BCUT2D eigenvalue weighted by Gasteiger charge is 2.44. The Balaban J connectivity index is 1.92. The first kappa shape index (κ1) is 19.3. The van der Waals surface area contributed by atoms with E-state index in [1.54, 1.807) is 55.5 Å². The number of halogens is 2. The van der Waals surface area contributed by atoms with E-state index in [2.05, 4.69) is 0 Å². The predicted molar refractivity (Wildman–Crippen MR) is 103 cm³/mol. The van der Waals surface area contributed by atoms with Gasteiger partial charge in [-0.25, -0.2) is 4.79 Å². The van der Waals surface area contributed by atoms with Crippen LogP contribution in [-0.4, -0.2) is 23.1 Å². The molecule has 2 unspecified atom stereocenters. The molecule has 0 spiro atoms. The van der Waals surface area contributed by atoms with Crippen LogP contribution >= 0.6 is 23.2 Å². The predicted octanol–water partition coefficient (Wildman–Crippen LogP) is 4.94. The Bertz CT molecular complexity index is 916. The number of ether oxygens (including phenoxy) is 1. The summed E-state index contributed by atoms with van der Waals surface area (Å²) in [6.45, 7) is 1.63. The van der Waals surface area contributed by atoms with Crippen LogP contribution in [0.2, 0.25) is 10.0 Å². The summed E-state index contributed by atoms with van der Waals surface area (Å²) < 4.78 is 5.36. The molecule has 2 aromatic rings. The molecule has 0 saturated heterocycles.